The summed E-state index contributed by atoms with van der Waals surface area (Å²) in [5.74, 6) is -1.75. The van der Waals surface area contributed by atoms with Crippen LogP contribution < -0.4 is 4.31 Å². The third-order valence-corrected chi connectivity index (χ3v) is 6.34. The molecule has 1 aromatic heterocycles. The Bertz CT molecular complexity index is 1200. The van der Waals surface area contributed by atoms with Crippen LogP contribution in [0.4, 0.5) is 10.1 Å². The van der Waals surface area contributed by atoms with Crippen LogP contribution in [0, 0.1) is 5.82 Å². The molecule has 1 heterocycles. The van der Waals surface area contributed by atoms with Gasteiger partial charge >= 0.3 is 16.2 Å². The first-order valence-corrected chi connectivity index (χ1v) is 10.2. The second-order valence-electron chi connectivity index (χ2n) is 6.59. The number of carbonyl (C=O) groups is 2. The Kier molecular flexibility index (Phi) is 5.90. The summed E-state index contributed by atoms with van der Waals surface area (Å²) in [7, 11) is -0.164. The summed E-state index contributed by atoms with van der Waals surface area (Å²) in [5.41, 5.74) is 0.748. The van der Waals surface area contributed by atoms with Crippen molar-refractivity contribution in [2.45, 2.75) is 0 Å². The average molecular weight is 433 g/mol. The van der Waals surface area contributed by atoms with Crippen molar-refractivity contribution in [3.8, 4) is 0 Å². The number of hydrogen-bond donors (Lipinski definition) is 0. The van der Waals surface area contributed by atoms with Crippen LogP contribution in [0.5, 0.6) is 0 Å². The van der Waals surface area contributed by atoms with Crippen molar-refractivity contribution in [2.75, 3.05) is 32.1 Å². The van der Waals surface area contributed by atoms with Crippen LogP contribution in [0.3, 0.4) is 0 Å². The Hall–Kier alpha value is -3.24. The highest BCUT2D eigenvalue weighted by Gasteiger charge is 2.29. The molecule has 0 fully saturated rings. The van der Waals surface area contributed by atoms with Crippen molar-refractivity contribution in [3.05, 3.63) is 66.1 Å². The number of esters is 1. The van der Waals surface area contributed by atoms with E-state index in [0.717, 1.165) is 20.7 Å². The fraction of sp³-hybridized carbons (Fsp3) is 0.200. The summed E-state index contributed by atoms with van der Waals surface area (Å²) in [4.78, 5) is 25.2. The maximum absolute atomic E-state index is 13.3. The lowest BCUT2D eigenvalue weighted by Crippen LogP contribution is -2.44. The molecular weight excluding hydrogens is 413 g/mol. The van der Waals surface area contributed by atoms with Gasteiger partial charge in [0.15, 0.2) is 0 Å². The van der Waals surface area contributed by atoms with Crippen molar-refractivity contribution < 1.29 is 27.1 Å². The van der Waals surface area contributed by atoms with Crippen molar-refractivity contribution in [1.29, 1.82) is 0 Å². The predicted molar refractivity (Wildman–Crippen MR) is 110 cm³/mol. The highest BCUT2D eigenvalue weighted by atomic mass is 32.2. The second kappa shape index (κ2) is 8.25. The number of ether oxygens (including phenoxy) is 1. The molecule has 0 spiro atoms. The molecule has 0 atom stereocenters. The van der Waals surface area contributed by atoms with Gasteiger partial charge in [0.05, 0.1) is 23.9 Å². The van der Waals surface area contributed by atoms with Crippen LogP contribution >= 0.6 is 0 Å². The van der Waals surface area contributed by atoms with Gasteiger partial charge in [-0.2, -0.15) is 12.7 Å². The summed E-state index contributed by atoms with van der Waals surface area (Å²) in [6.45, 7) is -0.564. The van der Waals surface area contributed by atoms with Gasteiger partial charge in [0.25, 0.3) is 5.91 Å². The summed E-state index contributed by atoms with van der Waals surface area (Å²) in [6, 6.07) is 11.5. The van der Waals surface area contributed by atoms with Crippen LogP contribution in [-0.2, 0) is 14.9 Å². The molecule has 2 aromatic carbocycles. The number of halogens is 1. The van der Waals surface area contributed by atoms with E-state index in [4.69, 9.17) is 4.74 Å². The molecule has 0 amide bonds. The standard InChI is InChI=1S/C20H20FN3O5S/c1-22(2)30(27,28)24(15-10-8-14(21)9-11-15)13-19(25)23-12-17(20(26)29-3)16-6-4-5-7-18(16)23/h4-12H,13H2,1-3H3. The monoisotopic (exact) mass is 433 g/mol. The van der Waals surface area contributed by atoms with Crippen molar-refractivity contribution in [1.82, 2.24) is 8.87 Å². The average Bonchev–Trinajstić information content (AvgIpc) is 3.11. The number of benzene rings is 2. The van der Waals surface area contributed by atoms with E-state index in [9.17, 15) is 22.4 Å². The lowest BCUT2D eigenvalue weighted by Gasteiger charge is -2.27. The molecule has 0 aliphatic rings. The maximum Gasteiger partial charge on any atom is 0.340 e. The quantitative estimate of drug-likeness (QED) is 0.558. The van der Waals surface area contributed by atoms with Crippen molar-refractivity contribution in [3.63, 3.8) is 0 Å². The Balaban J connectivity index is 2.07. The van der Waals surface area contributed by atoms with Crippen LogP contribution in [0.1, 0.15) is 15.2 Å². The number of hydrogen-bond acceptors (Lipinski definition) is 5. The van der Waals surface area contributed by atoms with E-state index in [1.54, 1.807) is 24.3 Å². The van der Waals surface area contributed by atoms with Crippen molar-refractivity contribution in [2.24, 2.45) is 0 Å². The Morgan fingerprint density at radius 1 is 1.07 bits per heavy atom. The van der Waals surface area contributed by atoms with Gasteiger partial charge in [0, 0.05) is 25.7 Å². The summed E-state index contributed by atoms with van der Waals surface area (Å²) >= 11 is 0. The highest BCUT2D eigenvalue weighted by molar-refractivity contribution is 7.90. The molecule has 10 heteroatoms. The number of aromatic nitrogens is 1. The second-order valence-corrected chi connectivity index (χ2v) is 8.66. The summed E-state index contributed by atoms with van der Waals surface area (Å²) in [6.07, 6.45) is 1.32. The molecule has 0 aliphatic carbocycles. The first-order valence-electron chi connectivity index (χ1n) is 8.84. The summed E-state index contributed by atoms with van der Waals surface area (Å²) < 4.78 is 46.8. The number of fused-ring (bicyclic) bond motifs is 1. The SMILES string of the molecule is COC(=O)c1cn(C(=O)CN(c2ccc(F)cc2)S(=O)(=O)N(C)C)c2ccccc12. The highest BCUT2D eigenvalue weighted by Crippen LogP contribution is 2.24. The zero-order chi connectivity index (χ0) is 22.1. The Morgan fingerprint density at radius 3 is 2.30 bits per heavy atom. The number of carbonyl (C=O) groups excluding carboxylic acids is 2. The molecule has 3 aromatic rings. The van der Waals surface area contributed by atoms with Gasteiger partial charge < -0.3 is 4.74 Å². The third kappa shape index (κ3) is 3.91. The van der Waals surface area contributed by atoms with Crippen LogP contribution in [-0.4, -0.2) is 56.9 Å². The molecule has 30 heavy (non-hydrogen) atoms. The normalized spacial score (nSPS) is 11.6. The molecule has 8 nitrogen and oxygen atoms in total. The maximum atomic E-state index is 13.3. The molecule has 0 saturated carbocycles. The lowest BCUT2D eigenvalue weighted by atomic mass is 10.2. The van der Waals surface area contributed by atoms with Gasteiger partial charge in [-0.15, -0.1) is 0 Å². The fourth-order valence-corrected chi connectivity index (χ4v) is 4.02. The van der Waals surface area contributed by atoms with Gasteiger partial charge in [-0.05, 0) is 30.3 Å². The van der Waals surface area contributed by atoms with E-state index in [0.29, 0.717) is 10.9 Å². The van der Waals surface area contributed by atoms with E-state index < -0.39 is 34.4 Å². The van der Waals surface area contributed by atoms with E-state index >= 15 is 0 Å². The van der Waals surface area contributed by atoms with Crippen LogP contribution in [0.2, 0.25) is 0 Å². The van der Waals surface area contributed by atoms with E-state index in [-0.39, 0.29) is 11.3 Å². The molecule has 0 unspecified atom stereocenters. The van der Waals surface area contributed by atoms with E-state index in [1.807, 2.05) is 0 Å². The van der Waals surface area contributed by atoms with Gasteiger partial charge in [0.2, 0.25) is 0 Å². The topological polar surface area (TPSA) is 88.9 Å². The zero-order valence-electron chi connectivity index (χ0n) is 16.6. The number of rotatable bonds is 6. The van der Waals surface area contributed by atoms with E-state index in [2.05, 4.69) is 0 Å². The molecule has 0 bridgehead atoms. The number of anilines is 1. The van der Waals surface area contributed by atoms with Gasteiger partial charge in [-0.25, -0.2) is 13.5 Å². The predicted octanol–water partition coefficient (Wildman–Crippen LogP) is 2.52. The molecule has 0 radical (unpaired) electrons. The molecule has 0 N–H and O–H groups in total. The van der Waals surface area contributed by atoms with Crippen LogP contribution in [0.25, 0.3) is 10.9 Å². The number of nitrogens with zero attached hydrogens (tertiary/aromatic N) is 3. The Labute approximate surface area is 173 Å². The smallest absolute Gasteiger partial charge is 0.340 e. The first kappa shape index (κ1) is 21.5. The van der Waals surface area contributed by atoms with Gasteiger partial charge in [-0.1, -0.05) is 18.2 Å². The molecule has 3 rings (SSSR count). The Morgan fingerprint density at radius 2 is 1.70 bits per heavy atom. The number of methoxy groups -OCH3 is 1. The molecule has 0 saturated heterocycles. The third-order valence-electron chi connectivity index (χ3n) is 4.52. The molecule has 0 aliphatic heterocycles. The zero-order valence-corrected chi connectivity index (χ0v) is 17.4. The van der Waals surface area contributed by atoms with Crippen molar-refractivity contribution >= 4 is 38.7 Å². The van der Waals surface area contributed by atoms with E-state index in [1.165, 1.54) is 44.1 Å². The fourth-order valence-electron chi connectivity index (χ4n) is 2.97. The minimum atomic E-state index is -4.06. The molecular formula is C20H20FN3O5S. The summed E-state index contributed by atoms with van der Waals surface area (Å²) in [5, 5.41) is 0.501. The molecule has 158 valence electrons. The van der Waals surface area contributed by atoms with Crippen LogP contribution in [0.15, 0.2) is 54.7 Å². The lowest BCUT2D eigenvalue weighted by molar-refractivity contribution is 0.0603. The first-order chi connectivity index (χ1) is 14.2. The van der Waals surface area contributed by atoms with Gasteiger partial charge in [-0.3, -0.25) is 9.36 Å². The number of para-hydroxylation sites is 1. The minimum Gasteiger partial charge on any atom is -0.465 e. The van der Waals surface area contributed by atoms with Gasteiger partial charge in [0.1, 0.15) is 12.4 Å². The largest absolute Gasteiger partial charge is 0.465 e. The minimum absolute atomic E-state index is 0.128.